The highest BCUT2D eigenvalue weighted by Crippen LogP contribution is 2.32. The van der Waals surface area contributed by atoms with Gasteiger partial charge in [0, 0.05) is 11.6 Å². The van der Waals surface area contributed by atoms with Crippen LogP contribution in [0.2, 0.25) is 5.15 Å². The highest BCUT2D eigenvalue weighted by molar-refractivity contribution is 6.32. The summed E-state index contributed by atoms with van der Waals surface area (Å²) in [6.45, 7) is 0. The number of rotatable bonds is 2. The van der Waals surface area contributed by atoms with E-state index in [0.717, 1.165) is 12.1 Å². The van der Waals surface area contributed by atoms with Gasteiger partial charge in [-0.3, -0.25) is 10.3 Å². The summed E-state index contributed by atoms with van der Waals surface area (Å²) < 4.78 is 38.2. The van der Waals surface area contributed by atoms with Gasteiger partial charge in [-0.25, -0.2) is 4.79 Å². The summed E-state index contributed by atoms with van der Waals surface area (Å²) in [5.74, 6) is 0.0203. The molecule has 0 unspecified atom stereocenters. The van der Waals surface area contributed by atoms with Crippen molar-refractivity contribution in [3.63, 3.8) is 0 Å². The molecule has 0 bridgehead atoms. The van der Waals surface area contributed by atoms with Crippen molar-refractivity contribution in [1.82, 2.24) is 20.4 Å². The number of nitrogens with one attached hydrogen (secondary N) is 3. The number of alkyl halides is 3. The van der Waals surface area contributed by atoms with Crippen LogP contribution in [0.3, 0.4) is 0 Å². The lowest BCUT2D eigenvalue weighted by Crippen LogP contribution is -2.20. The van der Waals surface area contributed by atoms with Crippen LogP contribution in [0.1, 0.15) is 5.56 Å². The fraction of sp³-hybridized carbons (Fsp3) is 0.0769. The van der Waals surface area contributed by atoms with E-state index in [0.29, 0.717) is 5.39 Å². The Morgan fingerprint density at radius 3 is 2.62 bits per heavy atom. The molecule has 2 amide bonds. The molecule has 0 fully saturated rings. The molecular formula is C13H8ClF3N6O. The van der Waals surface area contributed by atoms with Gasteiger partial charge in [0.1, 0.15) is 0 Å². The minimum atomic E-state index is -4.47. The minimum absolute atomic E-state index is 0.0203. The number of nitrogens with zero attached hydrogens (tertiary/aromatic N) is 3. The number of aromatic nitrogens is 4. The van der Waals surface area contributed by atoms with Gasteiger partial charge < -0.3 is 5.32 Å². The molecule has 0 radical (unpaired) electrons. The highest BCUT2D eigenvalue weighted by Gasteiger charge is 2.30. The predicted molar refractivity (Wildman–Crippen MR) is 80.8 cm³/mol. The summed E-state index contributed by atoms with van der Waals surface area (Å²) in [4.78, 5) is 15.8. The number of anilines is 2. The maximum atomic E-state index is 12.7. The largest absolute Gasteiger partial charge is 0.416 e. The number of fused-ring (bicyclic) bond motifs is 1. The molecule has 3 N–H and O–H groups in total. The molecule has 3 aromatic rings. The van der Waals surface area contributed by atoms with E-state index in [2.05, 4.69) is 31.0 Å². The number of benzene rings is 1. The van der Waals surface area contributed by atoms with Crippen LogP contribution in [0.25, 0.3) is 10.9 Å². The number of hydrogen-bond donors (Lipinski definition) is 3. The first-order chi connectivity index (χ1) is 11.3. The molecule has 0 saturated carbocycles. The zero-order chi connectivity index (χ0) is 17.3. The van der Waals surface area contributed by atoms with Gasteiger partial charge in [-0.1, -0.05) is 17.7 Å². The van der Waals surface area contributed by atoms with Crippen LogP contribution in [0.5, 0.6) is 0 Å². The van der Waals surface area contributed by atoms with Crippen LogP contribution < -0.4 is 10.6 Å². The second kappa shape index (κ2) is 5.96. The van der Waals surface area contributed by atoms with Crippen molar-refractivity contribution < 1.29 is 18.0 Å². The predicted octanol–water partition coefficient (Wildman–Crippen LogP) is 3.67. The lowest BCUT2D eigenvalue weighted by Gasteiger charge is -2.11. The smallest absolute Gasteiger partial charge is 0.307 e. The van der Waals surface area contributed by atoms with Crippen molar-refractivity contribution in [1.29, 1.82) is 0 Å². The lowest BCUT2D eigenvalue weighted by atomic mass is 10.1. The van der Waals surface area contributed by atoms with Gasteiger partial charge in [0.25, 0.3) is 0 Å². The third-order valence-electron chi connectivity index (χ3n) is 3.06. The van der Waals surface area contributed by atoms with Gasteiger partial charge >= 0.3 is 12.2 Å². The maximum Gasteiger partial charge on any atom is 0.416 e. The van der Waals surface area contributed by atoms with Crippen LogP contribution in [0, 0.1) is 0 Å². The topological polar surface area (TPSA) is 95.6 Å². The molecule has 0 saturated heterocycles. The number of carbonyl (C=O) groups excluding carboxylic acids is 1. The van der Waals surface area contributed by atoms with Gasteiger partial charge in [0.2, 0.25) is 0 Å². The standard InChI is InChI=1S/C13H8ClF3N6O/c14-10-11(22-23-21-10)20-12(24)19-8-3-4-18-9-5-6(13(15,16)17)1-2-7(8)9/h1-5H,(H3,18,19,20,21,22,23,24). The second-order valence-corrected chi connectivity index (χ2v) is 4.99. The molecule has 1 aromatic carbocycles. The number of carbonyl (C=O) groups is 1. The molecule has 0 aliphatic carbocycles. The molecule has 0 spiro atoms. The molecule has 11 heteroatoms. The average Bonchev–Trinajstić information content (AvgIpc) is 2.91. The van der Waals surface area contributed by atoms with Crippen molar-refractivity contribution >= 4 is 40.0 Å². The summed E-state index contributed by atoms with van der Waals surface area (Å²) in [6, 6.07) is 3.84. The van der Waals surface area contributed by atoms with Crippen molar-refractivity contribution in [3.8, 4) is 0 Å². The van der Waals surface area contributed by atoms with Crippen LogP contribution >= 0.6 is 11.6 Å². The Balaban J connectivity index is 1.87. The summed E-state index contributed by atoms with van der Waals surface area (Å²) in [7, 11) is 0. The first-order valence-corrected chi connectivity index (χ1v) is 6.82. The molecule has 2 aromatic heterocycles. The van der Waals surface area contributed by atoms with Crippen molar-refractivity contribution in [3.05, 3.63) is 41.2 Å². The monoisotopic (exact) mass is 356 g/mol. The van der Waals surface area contributed by atoms with E-state index >= 15 is 0 Å². The van der Waals surface area contributed by atoms with Gasteiger partial charge in [-0.15, -0.1) is 10.2 Å². The first-order valence-electron chi connectivity index (χ1n) is 6.45. The van der Waals surface area contributed by atoms with E-state index in [-0.39, 0.29) is 22.2 Å². The van der Waals surface area contributed by atoms with E-state index < -0.39 is 17.8 Å². The number of aromatic amines is 1. The van der Waals surface area contributed by atoms with E-state index in [1.165, 1.54) is 18.3 Å². The molecule has 124 valence electrons. The molecular weight excluding hydrogens is 349 g/mol. The fourth-order valence-electron chi connectivity index (χ4n) is 1.99. The summed E-state index contributed by atoms with van der Waals surface area (Å²) in [5.41, 5.74) is -0.439. The third-order valence-corrected chi connectivity index (χ3v) is 3.32. The van der Waals surface area contributed by atoms with Crippen molar-refractivity contribution in [2.75, 3.05) is 10.6 Å². The van der Waals surface area contributed by atoms with Crippen LogP contribution in [-0.2, 0) is 6.18 Å². The zero-order valence-electron chi connectivity index (χ0n) is 11.6. The van der Waals surface area contributed by atoms with Crippen LogP contribution in [-0.4, -0.2) is 26.4 Å². The molecule has 0 aliphatic rings. The van der Waals surface area contributed by atoms with E-state index in [9.17, 15) is 18.0 Å². The molecule has 2 heterocycles. The molecule has 3 rings (SSSR count). The van der Waals surface area contributed by atoms with Gasteiger partial charge in [0.15, 0.2) is 11.0 Å². The van der Waals surface area contributed by atoms with Gasteiger partial charge in [-0.05, 0) is 18.2 Å². The molecule has 0 atom stereocenters. The quantitative estimate of drug-likeness (QED) is 0.652. The first kappa shape index (κ1) is 16.0. The second-order valence-electron chi connectivity index (χ2n) is 4.63. The number of pyridine rings is 1. The highest BCUT2D eigenvalue weighted by atomic mass is 35.5. The van der Waals surface area contributed by atoms with E-state index in [4.69, 9.17) is 11.6 Å². The Bertz CT molecular complexity index is 910. The summed E-state index contributed by atoms with van der Waals surface area (Å²) in [5, 5.41) is 14.6. The third kappa shape index (κ3) is 3.23. The van der Waals surface area contributed by atoms with Crippen molar-refractivity contribution in [2.45, 2.75) is 6.18 Å². The normalized spacial score (nSPS) is 11.5. The molecule has 24 heavy (non-hydrogen) atoms. The Kier molecular flexibility index (Phi) is 3.97. The number of hydrogen-bond acceptors (Lipinski definition) is 4. The Morgan fingerprint density at radius 2 is 1.96 bits per heavy atom. The summed E-state index contributed by atoms with van der Waals surface area (Å²) in [6.07, 6.45) is -3.18. The minimum Gasteiger partial charge on any atom is -0.307 e. The summed E-state index contributed by atoms with van der Waals surface area (Å²) >= 11 is 5.68. The fourth-order valence-corrected chi connectivity index (χ4v) is 2.12. The zero-order valence-corrected chi connectivity index (χ0v) is 12.4. The van der Waals surface area contributed by atoms with E-state index in [1.807, 2.05) is 0 Å². The number of amides is 2. The number of halogens is 4. The Hall–Kier alpha value is -2.88. The SMILES string of the molecule is O=C(Nc1n[nH]nc1Cl)Nc1ccnc2cc(C(F)(F)F)ccc12. The van der Waals surface area contributed by atoms with Gasteiger partial charge in [-0.2, -0.15) is 18.4 Å². The number of urea groups is 1. The Labute approximate surface area is 137 Å². The molecule has 7 nitrogen and oxygen atoms in total. The molecule has 0 aliphatic heterocycles. The van der Waals surface area contributed by atoms with Crippen LogP contribution in [0.4, 0.5) is 29.5 Å². The van der Waals surface area contributed by atoms with Gasteiger partial charge in [0.05, 0.1) is 16.8 Å². The Morgan fingerprint density at radius 1 is 1.17 bits per heavy atom. The van der Waals surface area contributed by atoms with Crippen LogP contribution in [0.15, 0.2) is 30.5 Å². The maximum absolute atomic E-state index is 12.7. The lowest BCUT2D eigenvalue weighted by molar-refractivity contribution is -0.137. The average molecular weight is 357 g/mol. The van der Waals surface area contributed by atoms with Crippen molar-refractivity contribution in [2.24, 2.45) is 0 Å². The van der Waals surface area contributed by atoms with E-state index in [1.54, 1.807) is 0 Å². The number of H-pyrrole nitrogens is 1.